The normalized spacial score (nSPS) is 30.3. The maximum Gasteiger partial charge on any atom is 0.255 e. The fraction of sp³-hybridized carbons (Fsp3) is 0.714. The van der Waals surface area contributed by atoms with Crippen molar-refractivity contribution in [2.24, 2.45) is 5.92 Å². The van der Waals surface area contributed by atoms with Gasteiger partial charge in [0.25, 0.3) is 5.56 Å². The van der Waals surface area contributed by atoms with Crippen molar-refractivity contribution in [3.63, 3.8) is 0 Å². The Morgan fingerprint density at radius 2 is 2.04 bits per heavy atom. The predicted octanol–water partition coefficient (Wildman–Crippen LogP) is 0.378. The van der Waals surface area contributed by atoms with Crippen molar-refractivity contribution < 1.29 is 9.53 Å². The highest BCUT2D eigenvalue weighted by Crippen LogP contribution is 2.32. The lowest BCUT2D eigenvalue weighted by Crippen LogP contribution is -2.50. The van der Waals surface area contributed by atoms with Gasteiger partial charge >= 0.3 is 0 Å². The molecule has 28 heavy (non-hydrogen) atoms. The van der Waals surface area contributed by atoms with Crippen LogP contribution in [0.5, 0.6) is 0 Å². The molecule has 0 aromatic carbocycles. The maximum atomic E-state index is 13.2. The van der Waals surface area contributed by atoms with Crippen molar-refractivity contribution in [1.29, 1.82) is 0 Å². The summed E-state index contributed by atoms with van der Waals surface area (Å²) in [5, 5.41) is 3.50. The van der Waals surface area contributed by atoms with Gasteiger partial charge in [0.1, 0.15) is 0 Å². The summed E-state index contributed by atoms with van der Waals surface area (Å²) >= 11 is 0. The minimum absolute atomic E-state index is 0.0953. The Balaban J connectivity index is 1.35. The van der Waals surface area contributed by atoms with E-state index in [1.165, 1.54) is 12.1 Å². The van der Waals surface area contributed by atoms with Crippen LogP contribution in [0.25, 0.3) is 0 Å². The Bertz CT molecular complexity index is 801. The molecule has 0 spiro atoms. The number of rotatable bonds is 3. The Morgan fingerprint density at radius 1 is 1.18 bits per heavy atom. The molecule has 4 aliphatic heterocycles. The van der Waals surface area contributed by atoms with Crippen LogP contribution < -0.4 is 10.9 Å². The number of likely N-dealkylation sites (tertiary alicyclic amines) is 1. The van der Waals surface area contributed by atoms with Crippen LogP contribution in [0.2, 0.25) is 0 Å². The van der Waals surface area contributed by atoms with Crippen LogP contribution >= 0.6 is 0 Å². The van der Waals surface area contributed by atoms with Crippen LogP contribution in [0.3, 0.4) is 0 Å². The maximum absolute atomic E-state index is 13.2. The molecule has 0 unspecified atom stereocenters. The summed E-state index contributed by atoms with van der Waals surface area (Å²) in [7, 11) is 0. The van der Waals surface area contributed by atoms with E-state index >= 15 is 0 Å². The first kappa shape index (κ1) is 18.3. The number of hydrogen-bond acceptors (Lipinski definition) is 5. The minimum Gasteiger partial charge on any atom is -0.378 e. The summed E-state index contributed by atoms with van der Waals surface area (Å²) in [6.45, 7) is 6.88. The number of ether oxygens (including phenoxy) is 1. The number of carbonyl (C=O) groups is 1. The van der Waals surface area contributed by atoms with Gasteiger partial charge in [-0.05, 0) is 44.3 Å². The molecule has 0 saturated carbocycles. The number of hydrogen-bond donors (Lipinski definition) is 1. The molecule has 1 aromatic rings. The van der Waals surface area contributed by atoms with Gasteiger partial charge in [0.15, 0.2) is 0 Å². The average molecular weight is 386 g/mol. The van der Waals surface area contributed by atoms with Gasteiger partial charge in [-0.3, -0.25) is 14.5 Å². The number of carbonyl (C=O) groups excluding carboxylic acids is 1. The third-order valence-corrected chi connectivity index (χ3v) is 6.93. The number of nitrogens with one attached hydrogen (secondary N) is 1. The van der Waals surface area contributed by atoms with Gasteiger partial charge in [-0.15, -0.1) is 0 Å². The van der Waals surface area contributed by atoms with Crippen LogP contribution in [-0.4, -0.2) is 72.3 Å². The summed E-state index contributed by atoms with van der Waals surface area (Å²) < 4.78 is 7.40. The fourth-order valence-corrected chi connectivity index (χ4v) is 5.46. The van der Waals surface area contributed by atoms with E-state index in [0.29, 0.717) is 44.7 Å². The van der Waals surface area contributed by atoms with Crippen LogP contribution in [0.1, 0.15) is 36.4 Å². The van der Waals surface area contributed by atoms with Crippen LogP contribution in [-0.2, 0) is 22.6 Å². The summed E-state index contributed by atoms with van der Waals surface area (Å²) in [5.41, 5.74) is 2.16. The first-order valence-corrected chi connectivity index (χ1v) is 10.7. The number of nitrogens with zero attached hydrogens (tertiary/aromatic N) is 3. The molecule has 5 heterocycles. The molecule has 0 aliphatic carbocycles. The molecule has 5 rings (SSSR count). The van der Waals surface area contributed by atoms with Gasteiger partial charge in [-0.2, -0.15) is 0 Å². The number of fused-ring (bicyclic) bond motifs is 4. The predicted molar refractivity (Wildman–Crippen MR) is 105 cm³/mol. The van der Waals surface area contributed by atoms with Crippen molar-refractivity contribution in [2.75, 3.05) is 45.9 Å². The highest BCUT2D eigenvalue weighted by molar-refractivity contribution is 5.82. The van der Waals surface area contributed by atoms with Crippen LogP contribution in [0.15, 0.2) is 16.9 Å². The average Bonchev–Trinajstić information content (AvgIpc) is 3.19. The van der Waals surface area contributed by atoms with Crippen molar-refractivity contribution in [1.82, 2.24) is 19.7 Å². The number of pyridine rings is 1. The molecular formula is C21H30N4O3. The summed E-state index contributed by atoms with van der Waals surface area (Å²) in [5.74, 6) is 1.22. The fourth-order valence-electron chi connectivity index (χ4n) is 5.46. The zero-order valence-electron chi connectivity index (χ0n) is 16.4. The van der Waals surface area contributed by atoms with Crippen molar-refractivity contribution in [3.8, 4) is 0 Å². The van der Waals surface area contributed by atoms with Gasteiger partial charge in [0, 0.05) is 49.9 Å². The Hall–Kier alpha value is -1.70. The van der Waals surface area contributed by atoms with Gasteiger partial charge in [-0.1, -0.05) is 6.07 Å². The van der Waals surface area contributed by atoms with E-state index in [4.69, 9.17) is 4.74 Å². The Morgan fingerprint density at radius 3 is 2.89 bits per heavy atom. The molecule has 7 nitrogen and oxygen atoms in total. The number of piperidine rings is 1. The van der Waals surface area contributed by atoms with E-state index in [1.54, 1.807) is 0 Å². The van der Waals surface area contributed by atoms with Gasteiger partial charge < -0.3 is 19.5 Å². The minimum atomic E-state index is -0.0953. The van der Waals surface area contributed by atoms with Crippen LogP contribution in [0, 0.1) is 5.92 Å². The highest BCUT2D eigenvalue weighted by atomic mass is 16.5. The second-order valence-corrected chi connectivity index (χ2v) is 8.72. The summed E-state index contributed by atoms with van der Waals surface area (Å²) in [6.07, 6.45) is 3.09. The molecule has 2 bridgehead atoms. The third kappa shape index (κ3) is 3.29. The lowest BCUT2D eigenvalue weighted by Gasteiger charge is -2.38. The van der Waals surface area contributed by atoms with Crippen LogP contribution in [0.4, 0.5) is 0 Å². The molecule has 4 aliphatic rings. The van der Waals surface area contributed by atoms with E-state index in [0.717, 1.165) is 44.6 Å². The second kappa shape index (κ2) is 7.61. The molecule has 152 valence electrons. The standard InChI is InChI=1S/C21H30N4O3/c26-20-16(3-4-18-17-10-15(11-22-12-17)13-25(18)20)14-24-5-1-2-19(24)21(27)23-6-8-28-9-7-23/h3-4,15,17,19,22H,1-2,5-14H2/t15-,17+,19-/m0/s1. The zero-order valence-corrected chi connectivity index (χ0v) is 16.4. The Labute approximate surface area is 165 Å². The topological polar surface area (TPSA) is 66.8 Å². The van der Waals surface area contributed by atoms with E-state index < -0.39 is 0 Å². The molecule has 0 radical (unpaired) electrons. The molecule has 1 amide bonds. The second-order valence-electron chi connectivity index (χ2n) is 8.72. The quantitative estimate of drug-likeness (QED) is 0.814. The van der Waals surface area contributed by atoms with Crippen molar-refractivity contribution in [3.05, 3.63) is 33.7 Å². The lowest BCUT2D eigenvalue weighted by molar-refractivity contribution is -0.140. The molecule has 1 aromatic heterocycles. The molecule has 3 fully saturated rings. The lowest BCUT2D eigenvalue weighted by atomic mass is 9.84. The highest BCUT2D eigenvalue weighted by Gasteiger charge is 2.35. The van der Waals surface area contributed by atoms with E-state index in [9.17, 15) is 9.59 Å². The Kier molecular flexibility index (Phi) is 4.99. The molecular weight excluding hydrogens is 356 g/mol. The molecule has 3 atom stereocenters. The van der Waals surface area contributed by atoms with Gasteiger partial charge in [0.05, 0.1) is 19.3 Å². The monoisotopic (exact) mass is 386 g/mol. The van der Waals surface area contributed by atoms with E-state index in [-0.39, 0.29) is 17.5 Å². The van der Waals surface area contributed by atoms with Gasteiger partial charge in [-0.25, -0.2) is 0 Å². The summed E-state index contributed by atoms with van der Waals surface area (Å²) in [4.78, 5) is 30.4. The molecule has 7 heteroatoms. The van der Waals surface area contributed by atoms with E-state index in [1.807, 2.05) is 15.5 Å². The molecule has 1 N–H and O–H groups in total. The SMILES string of the molecule is O=C([C@@H]1CCCN1Cc1ccc2n(c1=O)C[C@@H]1CNC[C@H]2C1)N1CCOCC1. The van der Waals surface area contributed by atoms with Crippen molar-refractivity contribution in [2.45, 2.75) is 44.3 Å². The number of aromatic nitrogens is 1. The number of amides is 1. The van der Waals surface area contributed by atoms with Gasteiger partial charge in [0.2, 0.25) is 5.91 Å². The molecule has 3 saturated heterocycles. The van der Waals surface area contributed by atoms with E-state index in [2.05, 4.69) is 16.3 Å². The first-order chi connectivity index (χ1) is 13.7. The smallest absolute Gasteiger partial charge is 0.255 e. The van der Waals surface area contributed by atoms with Crippen molar-refractivity contribution >= 4 is 5.91 Å². The zero-order chi connectivity index (χ0) is 19.1. The number of morpholine rings is 1. The largest absolute Gasteiger partial charge is 0.378 e. The summed E-state index contributed by atoms with van der Waals surface area (Å²) in [6, 6.07) is 4.07. The third-order valence-electron chi connectivity index (χ3n) is 6.93. The first-order valence-electron chi connectivity index (χ1n) is 10.7.